The number of nitrogens with one attached hydrogen (secondary N) is 1. The van der Waals surface area contributed by atoms with Crippen molar-refractivity contribution < 1.29 is 18.3 Å². The predicted molar refractivity (Wildman–Crippen MR) is 108 cm³/mol. The van der Waals surface area contributed by atoms with Gasteiger partial charge < -0.3 is 15.3 Å². The van der Waals surface area contributed by atoms with E-state index in [9.17, 15) is 18.3 Å². The summed E-state index contributed by atoms with van der Waals surface area (Å²) in [5.41, 5.74) is 3.78. The van der Waals surface area contributed by atoms with E-state index in [0.29, 0.717) is 11.3 Å². The van der Waals surface area contributed by atoms with Crippen LogP contribution in [0.1, 0.15) is 5.56 Å². The van der Waals surface area contributed by atoms with Gasteiger partial charge in [0.25, 0.3) is 0 Å². The predicted octanol–water partition coefficient (Wildman–Crippen LogP) is 4.50. The van der Waals surface area contributed by atoms with Crippen molar-refractivity contribution in [3.63, 3.8) is 0 Å². The van der Waals surface area contributed by atoms with Crippen molar-refractivity contribution in [2.45, 2.75) is 12.7 Å². The monoisotopic (exact) mass is 432 g/mol. The topological polar surface area (TPSA) is 87.1 Å². The maximum absolute atomic E-state index is 13.2. The standard InChI is InChI=1S/C19H15F3N6OS/c20-19(21,22)10-28(9-12-4-2-1-3-5-12)17-25-16(26-18(29)27-17)24-13-6-7-14-15(8-13)30-11-23-14/h1-8,11H,9-10H2,(H2,24,25,26,27,29). The van der Waals surface area contributed by atoms with E-state index in [4.69, 9.17) is 0 Å². The molecule has 7 nitrogen and oxygen atoms in total. The Balaban J connectivity index is 1.64. The molecule has 0 saturated carbocycles. The molecule has 30 heavy (non-hydrogen) atoms. The number of aromatic hydroxyl groups is 1. The van der Waals surface area contributed by atoms with Crippen molar-refractivity contribution in [1.82, 2.24) is 19.9 Å². The van der Waals surface area contributed by atoms with Gasteiger partial charge in [-0.25, -0.2) is 4.98 Å². The smallest absolute Gasteiger partial charge is 0.406 e. The van der Waals surface area contributed by atoms with Gasteiger partial charge in [0.15, 0.2) is 0 Å². The highest BCUT2D eigenvalue weighted by atomic mass is 32.1. The SMILES string of the molecule is Oc1nc(Nc2ccc3ncsc3c2)nc(N(Cc2ccccc2)CC(F)(F)F)n1. The van der Waals surface area contributed by atoms with Crippen LogP contribution in [0.5, 0.6) is 6.01 Å². The van der Waals surface area contributed by atoms with Crippen LogP contribution in [0.4, 0.5) is 30.8 Å². The fourth-order valence-corrected chi connectivity index (χ4v) is 3.55. The summed E-state index contributed by atoms with van der Waals surface area (Å²) in [6.45, 7) is -1.37. The highest BCUT2D eigenvalue weighted by molar-refractivity contribution is 7.16. The van der Waals surface area contributed by atoms with E-state index >= 15 is 0 Å². The molecule has 2 aromatic carbocycles. The maximum atomic E-state index is 13.2. The van der Waals surface area contributed by atoms with E-state index in [1.807, 2.05) is 6.07 Å². The van der Waals surface area contributed by atoms with Crippen molar-refractivity contribution >= 4 is 39.1 Å². The molecule has 0 amide bonds. The number of anilines is 3. The van der Waals surface area contributed by atoms with Crippen molar-refractivity contribution in [1.29, 1.82) is 0 Å². The Labute approximate surface area is 172 Å². The molecule has 11 heteroatoms. The largest absolute Gasteiger partial charge is 0.479 e. The molecule has 0 bridgehead atoms. The van der Waals surface area contributed by atoms with Crippen molar-refractivity contribution in [2.24, 2.45) is 0 Å². The quantitative estimate of drug-likeness (QED) is 0.464. The Bertz CT molecular complexity index is 1150. The third-order valence-corrected chi connectivity index (χ3v) is 4.86. The number of thiazole rings is 1. The first kappa shape index (κ1) is 19.8. The molecule has 0 atom stereocenters. The minimum Gasteiger partial charge on any atom is -0.479 e. The zero-order chi connectivity index (χ0) is 21.1. The molecule has 2 aromatic heterocycles. The van der Waals surface area contributed by atoms with Crippen LogP contribution in [0.2, 0.25) is 0 Å². The van der Waals surface area contributed by atoms with Crippen molar-refractivity contribution in [3.8, 4) is 6.01 Å². The summed E-state index contributed by atoms with van der Waals surface area (Å²) in [4.78, 5) is 16.7. The molecule has 0 saturated heterocycles. The molecule has 0 radical (unpaired) electrons. The zero-order valence-electron chi connectivity index (χ0n) is 15.3. The van der Waals surface area contributed by atoms with E-state index in [1.165, 1.54) is 11.3 Å². The molecule has 154 valence electrons. The number of fused-ring (bicyclic) bond motifs is 1. The summed E-state index contributed by atoms with van der Waals surface area (Å²) in [6.07, 6.45) is -4.48. The van der Waals surface area contributed by atoms with Crippen LogP contribution in [0.15, 0.2) is 54.0 Å². The van der Waals surface area contributed by atoms with Gasteiger partial charge >= 0.3 is 12.2 Å². The van der Waals surface area contributed by atoms with E-state index < -0.39 is 18.7 Å². The average molecular weight is 432 g/mol. The molecule has 0 aliphatic heterocycles. The van der Waals surface area contributed by atoms with Gasteiger partial charge in [0.1, 0.15) is 6.54 Å². The zero-order valence-corrected chi connectivity index (χ0v) is 16.2. The Morgan fingerprint density at radius 2 is 1.83 bits per heavy atom. The lowest BCUT2D eigenvalue weighted by atomic mass is 10.2. The number of halogens is 3. The number of hydrogen-bond acceptors (Lipinski definition) is 8. The fraction of sp³-hybridized carbons (Fsp3) is 0.158. The van der Waals surface area contributed by atoms with Crippen molar-refractivity contribution in [3.05, 3.63) is 59.6 Å². The van der Waals surface area contributed by atoms with Crippen LogP contribution in [-0.4, -0.2) is 37.8 Å². The summed E-state index contributed by atoms with van der Waals surface area (Å²) < 4.78 is 40.4. The summed E-state index contributed by atoms with van der Waals surface area (Å²) in [5, 5.41) is 12.8. The highest BCUT2D eigenvalue weighted by Gasteiger charge is 2.32. The van der Waals surface area contributed by atoms with Gasteiger partial charge in [-0.3, -0.25) is 0 Å². The Morgan fingerprint density at radius 3 is 2.60 bits per heavy atom. The number of alkyl halides is 3. The summed E-state index contributed by atoms with van der Waals surface area (Å²) in [6, 6.07) is 13.3. The minimum atomic E-state index is -4.48. The number of benzene rings is 2. The number of hydrogen-bond donors (Lipinski definition) is 2. The summed E-state index contributed by atoms with van der Waals surface area (Å²) >= 11 is 1.44. The Hall–Kier alpha value is -3.47. The Morgan fingerprint density at radius 1 is 1.03 bits per heavy atom. The molecule has 0 unspecified atom stereocenters. The number of rotatable bonds is 6. The normalized spacial score (nSPS) is 11.6. The van der Waals surface area contributed by atoms with Crippen LogP contribution in [0.3, 0.4) is 0 Å². The second-order valence-corrected chi connectivity index (χ2v) is 7.26. The van der Waals surface area contributed by atoms with Crippen LogP contribution >= 0.6 is 11.3 Å². The lowest BCUT2D eigenvalue weighted by Crippen LogP contribution is -2.35. The molecule has 0 aliphatic rings. The van der Waals surface area contributed by atoms with Gasteiger partial charge in [-0.15, -0.1) is 11.3 Å². The van der Waals surface area contributed by atoms with Gasteiger partial charge in [0.2, 0.25) is 11.9 Å². The first-order valence-electron chi connectivity index (χ1n) is 8.77. The van der Waals surface area contributed by atoms with Gasteiger partial charge in [-0.2, -0.15) is 28.1 Å². The van der Waals surface area contributed by atoms with E-state index in [2.05, 4.69) is 25.3 Å². The Kier molecular flexibility index (Phi) is 5.36. The summed E-state index contributed by atoms with van der Waals surface area (Å²) in [7, 11) is 0. The molecule has 2 N–H and O–H groups in total. The first-order chi connectivity index (χ1) is 14.4. The lowest BCUT2D eigenvalue weighted by molar-refractivity contribution is -0.120. The van der Waals surface area contributed by atoms with Crippen LogP contribution in [0.25, 0.3) is 10.2 Å². The number of aromatic nitrogens is 4. The van der Waals surface area contributed by atoms with Crippen molar-refractivity contribution in [2.75, 3.05) is 16.8 Å². The summed E-state index contributed by atoms with van der Waals surface area (Å²) in [5.74, 6) is -0.355. The number of nitrogens with zero attached hydrogens (tertiary/aromatic N) is 5. The average Bonchev–Trinajstić information content (AvgIpc) is 3.15. The van der Waals surface area contributed by atoms with Gasteiger partial charge in [-0.05, 0) is 23.8 Å². The molecular weight excluding hydrogens is 417 g/mol. The van der Waals surface area contributed by atoms with Gasteiger partial charge in [-0.1, -0.05) is 30.3 Å². The minimum absolute atomic E-state index is 0.0680. The fourth-order valence-electron chi connectivity index (χ4n) is 2.83. The van der Waals surface area contributed by atoms with Crippen LogP contribution in [-0.2, 0) is 6.54 Å². The first-order valence-corrected chi connectivity index (χ1v) is 9.65. The molecule has 0 aliphatic carbocycles. The van der Waals surface area contributed by atoms with Crippen LogP contribution in [0, 0.1) is 0 Å². The molecule has 4 rings (SSSR count). The second kappa shape index (κ2) is 8.11. The van der Waals surface area contributed by atoms with E-state index in [0.717, 1.165) is 15.1 Å². The maximum Gasteiger partial charge on any atom is 0.406 e. The molecule has 2 heterocycles. The lowest BCUT2D eigenvalue weighted by Gasteiger charge is -2.24. The molecule has 4 aromatic rings. The molecular formula is C19H15F3N6OS. The highest BCUT2D eigenvalue weighted by Crippen LogP contribution is 2.26. The van der Waals surface area contributed by atoms with Gasteiger partial charge in [0, 0.05) is 12.2 Å². The van der Waals surface area contributed by atoms with Gasteiger partial charge in [0.05, 0.1) is 15.7 Å². The third-order valence-electron chi connectivity index (χ3n) is 4.07. The third kappa shape index (κ3) is 4.92. The second-order valence-electron chi connectivity index (χ2n) is 6.38. The van der Waals surface area contributed by atoms with E-state index in [1.54, 1.807) is 48.0 Å². The van der Waals surface area contributed by atoms with E-state index in [-0.39, 0.29) is 18.4 Å². The molecule has 0 fully saturated rings. The molecule has 0 spiro atoms. The van der Waals surface area contributed by atoms with Crippen LogP contribution < -0.4 is 10.2 Å².